The summed E-state index contributed by atoms with van der Waals surface area (Å²) in [5, 5.41) is 4.10. The number of piperazine rings is 1. The second-order valence-corrected chi connectivity index (χ2v) is 10.9. The third-order valence-corrected chi connectivity index (χ3v) is 8.71. The minimum atomic E-state index is -3.89. The minimum absolute atomic E-state index is 0.171. The molecule has 2 heterocycles. The second kappa shape index (κ2) is 8.29. The van der Waals surface area contributed by atoms with Gasteiger partial charge in [0.05, 0.1) is 12.8 Å². The normalized spacial score (nSPS) is 19.6. The number of methoxy groups -OCH3 is 1. The number of hydrogen-bond donors (Lipinski definition) is 2. The Morgan fingerprint density at radius 1 is 1.16 bits per heavy atom. The fourth-order valence-electron chi connectivity index (χ4n) is 4.13. The van der Waals surface area contributed by atoms with Crippen molar-refractivity contribution in [3.05, 3.63) is 47.8 Å². The van der Waals surface area contributed by atoms with Gasteiger partial charge < -0.3 is 15.0 Å². The van der Waals surface area contributed by atoms with E-state index in [-0.39, 0.29) is 10.0 Å². The van der Waals surface area contributed by atoms with Crippen molar-refractivity contribution in [1.82, 2.24) is 5.32 Å². The number of aryl methyl sites for hydroxylation is 1. The van der Waals surface area contributed by atoms with Gasteiger partial charge in [-0.3, -0.25) is 4.72 Å². The van der Waals surface area contributed by atoms with E-state index in [2.05, 4.69) is 28.8 Å². The fraction of sp³-hybridized carbons (Fsp3) is 0.364. The SMILES string of the molecule is COc1ccc(N2CC(C)NC(C)C2)cc1NS(=O)(=O)c1sc2ccc(F)cc2c1C. The molecule has 1 saturated heterocycles. The van der Waals surface area contributed by atoms with Crippen molar-refractivity contribution in [2.24, 2.45) is 0 Å². The molecule has 0 saturated carbocycles. The average Bonchev–Trinajstić information content (AvgIpc) is 3.04. The number of nitrogens with zero attached hydrogens (tertiary/aromatic N) is 1. The summed E-state index contributed by atoms with van der Waals surface area (Å²) >= 11 is 1.13. The molecular formula is C22H26FN3O3S2. The van der Waals surface area contributed by atoms with Gasteiger partial charge in [0.15, 0.2) is 0 Å². The quantitative estimate of drug-likeness (QED) is 0.589. The van der Waals surface area contributed by atoms with Gasteiger partial charge in [-0.05, 0) is 68.1 Å². The van der Waals surface area contributed by atoms with Crippen LogP contribution in [0.5, 0.6) is 5.75 Å². The van der Waals surface area contributed by atoms with Crippen molar-refractivity contribution in [3.63, 3.8) is 0 Å². The van der Waals surface area contributed by atoms with Crippen LogP contribution in [0.25, 0.3) is 10.1 Å². The highest BCUT2D eigenvalue weighted by Crippen LogP contribution is 2.37. The molecule has 0 amide bonds. The molecule has 1 aliphatic heterocycles. The Labute approximate surface area is 186 Å². The topological polar surface area (TPSA) is 70.7 Å². The number of halogens is 1. The van der Waals surface area contributed by atoms with Gasteiger partial charge in [0.1, 0.15) is 15.8 Å². The summed E-state index contributed by atoms with van der Waals surface area (Å²) in [7, 11) is -2.38. The van der Waals surface area contributed by atoms with Crippen LogP contribution in [0.2, 0.25) is 0 Å². The van der Waals surface area contributed by atoms with Crippen LogP contribution < -0.4 is 19.7 Å². The van der Waals surface area contributed by atoms with Crippen molar-refractivity contribution in [1.29, 1.82) is 0 Å². The number of anilines is 2. The van der Waals surface area contributed by atoms with Crippen molar-refractivity contribution in [3.8, 4) is 5.75 Å². The molecule has 1 aromatic heterocycles. The number of hydrogen-bond acceptors (Lipinski definition) is 6. The number of sulfonamides is 1. The van der Waals surface area contributed by atoms with Crippen molar-refractivity contribution in [2.45, 2.75) is 37.1 Å². The van der Waals surface area contributed by atoms with Crippen LogP contribution in [-0.4, -0.2) is 40.7 Å². The van der Waals surface area contributed by atoms with Crippen LogP contribution >= 0.6 is 11.3 Å². The van der Waals surface area contributed by atoms with E-state index >= 15 is 0 Å². The van der Waals surface area contributed by atoms with E-state index in [4.69, 9.17) is 4.74 Å². The molecular weight excluding hydrogens is 437 g/mol. The van der Waals surface area contributed by atoms with Gasteiger partial charge in [0.2, 0.25) is 0 Å². The molecule has 4 rings (SSSR count). The van der Waals surface area contributed by atoms with E-state index in [9.17, 15) is 12.8 Å². The Hall–Kier alpha value is -2.36. The van der Waals surface area contributed by atoms with Crippen LogP contribution in [0.1, 0.15) is 19.4 Å². The van der Waals surface area contributed by atoms with E-state index in [0.29, 0.717) is 34.5 Å². The summed E-state index contributed by atoms with van der Waals surface area (Å²) in [6, 6.07) is 10.5. The molecule has 166 valence electrons. The third kappa shape index (κ3) is 4.35. The van der Waals surface area contributed by atoms with E-state index in [1.54, 1.807) is 19.1 Å². The molecule has 3 aromatic rings. The molecule has 9 heteroatoms. The molecule has 2 atom stereocenters. The predicted octanol–water partition coefficient (Wildman–Crippen LogP) is 4.34. The molecule has 0 aliphatic carbocycles. The van der Waals surface area contributed by atoms with Gasteiger partial charge in [-0.15, -0.1) is 11.3 Å². The highest BCUT2D eigenvalue weighted by atomic mass is 32.2. The van der Waals surface area contributed by atoms with Gasteiger partial charge in [-0.2, -0.15) is 0 Å². The van der Waals surface area contributed by atoms with E-state index in [0.717, 1.165) is 34.8 Å². The summed E-state index contributed by atoms with van der Waals surface area (Å²) in [4.78, 5) is 2.23. The number of ether oxygens (including phenoxy) is 1. The van der Waals surface area contributed by atoms with E-state index < -0.39 is 10.0 Å². The standard InChI is InChI=1S/C22H26FN3O3S2/c1-13-11-26(12-14(2)24-13)17-6-7-20(29-4)19(10-17)25-31(27,28)22-15(3)18-9-16(23)5-8-21(18)30-22/h5-10,13-14,24-25H,11-12H2,1-4H3. The fourth-order valence-corrected chi connectivity index (χ4v) is 6.94. The molecule has 31 heavy (non-hydrogen) atoms. The number of thiophene rings is 1. The van der Waals surface area contributed by atoms with Gasteiger partial charge >= 0.3 is 0 Å². The second-order valence-electron chi connectivity index (χ2n) is 8.02. The smallest absolute Gasteiger partial charge is 0.271 e. The first-order valence-electron chi connectivity index (χ1n) is 10.1. The maximum atomic E-state index is 13.7. The Morgan fingerprint density at radius 2 is 1.87 bits per heavy atom. The lowest BCUT2D eigenvalue weighted by Gasteiger charge is -2.38. The monoisotopic (exact) mass is 463 g/mol. The first-order valence-corrected chi connectivity index (χ1v) is 12.4. The maximum absolute atomic E-state index is 13.7. The highest BCUT2D eigenvalue weighted by molar-refractivity contribution is 7.95. The van der Waals surface area contributed by atoms with E-state index in [1.807, 2.05) is 12.1 Å². The van der Waals surface area contributed by atoms with E-state index in [1.165, 1.54) is 19.2 Å². The summed E-state index contributed by atoms with van der Waals surface area (Å²) in [6.07, 6.45) is 0. The Kier molecular flexibility index (Phi) is 5.85. The first kappa shape index (κ1) is 21.9. The Balaban J connectivity index is 1.70. The largest absolute Gasteiger partial charge is 0.495 e. The number of fused-ring (bicyclic) bond motifs is 1. The Bertz CT molecular complexity index is 1220. The molecule has 2 unspecified atom stereocenters. The lowest BCUT2D eigenvalue weighted by molar-refractivity contribution is 0.406. The van der Waals surface area contributed by atoms with Gasteiger partial charge in [0.25, 0.3) is 10.0 Å². The molecule has 0 radical (unpaired) electrons. The van der Waals surface area contributed by atoms with Gasteiger partial charge in [-0.25, -0.2) is 12.8 Å². The molecule has 0 bridgehead atoms. The molecule has 6 nitrogen and oxygen atoms in total. The van der Waals surface area contributed by atoms with Gasteiger partial charge in [0, 0.05) is 35.6 Å². The molecule has 0 spiro atoms. The number of benzene rings is 2. The highest BCUT2D eigenvalue weighted by Gasteiger charge is 2.25. The van der Waals surface area contributed by atoms with Crippen LogP contribution in [0, 0.1) is 12.7 Å². The van der Waals surface area contributed by atoms with Crippen LogP contribution in [0.4, 0.5) is 15.8 Å². The Morgan fingerprint density at radius 3 is 2.55 bits per heavy atom. The summed E-state index contributed by atoms with van der Waals surface area (Å²) in [6.45, 7) is 7.60. The summed E-state index contributed by atoms with van der Waals surface area (Å²) in [5.41, 5.74) is 1.84. The third-order valence-electron chi connectivity index (χ3n) is 5.45. The zero-order valence-electron chi connectivity index (χ0n) is 17.9. The maximum Gasteiger partial charge on any atom is 0.271 e. The average molecular weight is 464 g/mol. The van der Waals surface area contributed by atoms with Crippen molar-refractivity contribution < 1.29 is 17.5 Å². The lowest BCUT2D eigenvalue weighted by Crippen LogP contribution is -2.54. The molecule has 1 aliphatic rings. The van der Waals surface area contributed by atoms with Crippen LogP contribution in [0.15, 0.2) is 40.6 Å². The summed E-state index contributed by atoms with van der Waals surface area (Å²) < 4.78 is 49.2. The van der Waals surface area contributed by atoms with Crippen LogP contribution in [0.3, 0.4) is 0 Å². The summed E-state index contributed by atoms with van der Waals surface area (Å²) in [5.74, 6) is 0.0486. The number of nitrogens with one attached hydrogen (secondary N) is 2. The molecule has 1 fully saturated rings. The van der Waals surface area contributed by atoms with Crippen molar-refractivity contribution >= 4 is 42.8 Å². The molecule has 2 N–H and O–H groups in total. The lowest BCUT2D eigenvalue weighted by atomic mass is 10.1. The minimum Gasteiger partial charge on any atom is -0.495 e. The van der Waals surface area contributed by atoms with Crippen LogP contribution in [-0.2, 0) is 10.0 Å². The predicted molar refractivity (Wildman–Crippen MR) is 125 cm³/mol. The number of rotatable bonds is 5. The van der Waals surface area contributed by atoms with Crippen molar-refractivity contribution in [2.75, 3.05) is 29.8 Å². The van der Waals surface area contributed by atoms with Gasteiger partial charge in [-0.1, -0.05) is 0 Å². The zero-order chi connectivity index (χ0) is 22.3. The molecule has 2 aromatic carbocycles. The zero-order valence-corrected chi connectivity index (χ0v) is 19.5. The first-order chi connectivity index (χ1) is 14.7.